The van der Waals surface area contributed by atoms with Crippen LogP contribution >= 0.6 is 0 Å². The lowest BCUT2D eigenvalue weighted by Gasteiger charge is -2.42. The second-order valence-electron chi connectivity index (χ2n) is 6.83. The Bertz CT molecular complexity index is 213. The van der Waals surface area contributed by atoms with E-state index < -0.39 is 0 Å². The lowest BCUT2D eigenvalue weighted by atomic mass is 9.81. The summed E-state index contributed by atoms with van der Waals surface area (Å²) in [7, 11) is 0. The van der Waals surface area contributed by atoms with Crippen LogP contribution in [0, 0.1) is 5.41 Å². The third kappa shape index (κ3) is 4.97. The minimum atomic E-state index is 0.0551. The molecule has 0 aromatic carbocycles. The molecular weight excluding hydrogens is 210 g/mol. The normalized spacial score (nSPS) is 28.1. The van der Waals surface area contributed by atoms with E-state index in [2.05, 4.69) is 39.9 Å². The minimum absolute atomic E-state index is 0.0551. The molecule has 1 fully saturated rings. The fourth-order valence-electron chi connectivity index (χ4n) is 2.68. The molecule has 1 saturated heterocycles. The fraction of sp³-hybridized carbons (Fsp3) is 1.00. The summed E-state index contributed by atoms with van der Waals surface area (Å²) in [5.41, 5.74) is 0.470. The Kier molecular flexibility index (Phi) is 5.46. The molecule has 0 aliphatic carbocycles. The molecule has 17 heavy (non-hydrogen) atoms. The zero-order chi connectivity index (χ0) is 12.9. The van der Waals surface area contributed by atoms with Gasteiger partial charge in [-0.05, 0) is 51.0 Å². The lowest BCUT2D eigenvalue weighted by Crippen LogP contribution is -2.52. The van der Waals surface area contributed by atoms with E-state index in [1.165, 1.54) is 32.1 Å². The second kappa shape index (κ2) is 6.19. The van der Waals surface area contributed by atoms with Crippen molar-refractivity contribution >= 4 is 0 Å². The zero-order valence-electron chi connectivity index (χ0n) is 12.4. The molecule has 0 aromatic heterocycles. The van der Waals surface area contributed by atoms with Gasteiger partial charge in [0.05, 0.1) is 5.60 Å². The summed E-state index contributed by atoms with van der Waals surface area (Å²) >= 11 is 0. The number of ether oxygens (including phenoxy) is 1. The highest BCUT2D eigenvalue weighted by Crippen LogP contribution is 2.32. The Morgan fingerprint density at radius 1 is 1.29 bits per heavy atom. The van der Waals surface area contributed by atoms with Gasteiger partial charge in [0.2, 0.25) is 0 Å². The molecule has 2 unspecified atom stereocenters. The van der Waals surface area contributed by atoms with Crippen LogP contribution in [0.5, 0.6) is 0 Å². The van der Waals surface area contributed by atoms with E-state index in [9.17, 15) is 0 Å². The Morgan fingerprint density at radius 3 is 2.47 bits per heavy atom. The third-order valence-electron chi connectivity index (χ3n) is 3.87. The Hall–Kier alpha value is -0.0800. The summed E-state index contributed by atoms with van der Waals surface area (Å²) in [6, 6.07) is 0.507. The van der Waals surface area contributed by atoms with Crippen LogP contribution in [0.3, 0.4) is 0 Å². The van der Waals surface area contributed by atoms with Gasteiger partial charge in [0.15, 0.2) is 0 Å². The molecule has 0 amide bonds. The molecule has 0 saturated carbocycles. The zero-order valence-corrected chi connectivity index (χ0v) is 12.4. The third-order valence-corrected chi connectivity index (χ3v) is 3.87. The predicted octanol–water partition coefficient (Wildman–Crippen LogP) is 3.75. The van der Waals surface area contributed by atoms with Crippen molar-refractivity contribution in [3.63, 3.8) is 0 Å². The van der Waals surface area contributed by atoms with Crippen LogP contribution in [0.2, 0.25) is 0 Å². The van der Waals surface area contributed by atoms with Gasteiger partial charge in [-0.2, -0.15) is 0 Å². The monoisotopic (exact) mass is 241 g/mol. The van der Waals surface area contributed by atoms with Crippen LogP contribution in [-0.4, -0.2) is 24.8 Å². The highest BCUT2D eigenvalue weighted by atomic mass is 16.5. The predicted molar refractivity (Wildman–Crippen MR) is 74.4 cm³/mol. The van der Waals surface area contributed by atoms with Crippen molar-refractivity contribution in [2.75, 3.05) is 13.2 Å². The molecule has 0 bridgehead atoms. The summed E-state index contributed by atoms with van der Waals surface area (Å²) in [4.78, 5) is 0. The molecule has 1 heterocycles. The van der Waals surface area contributed by atoms with E-state index in [0.29, 0.717) is 11.5 Å². The van der Waals surface area contributed by atoms with Crippen molar-refractivity contribution in [1.29, 1.82) is 0 Å². The minimum Gasteiger partial charge on any atom is -0.374 e. The number of nitrogens with one attached hydrogen (secondary N) is 1. The van der Waals surface area contributed by atoms with Gasteiger partial charge in [-0.25, -0.2) is 0 Å². The molecule has 2 atom stereocenters. The standard InChI is InChI=1S/C15H31NO/c1-6-16-13(9-11-14(2,3)4)15(5)10-7-8-12-17-15/h13,16H,6-12H2,1-5H3. The summed E-state index contributed by atoms with van der Waals surface area (Å²) in [6.45, 7) is 13.4. The van der Waals surface area contributed by atoms with E-state index in [4.69, 9.17) is 4.74 Å². The van der Waals surface area contributed by atoms with Crippen LogP contribution < -0.4 is 5.32 Å². The van der Waals surface area contributed by atoms with E-state index in [-0.39, 0.29) is 5.60 Å². The first-order chi connectivity index (χ1) is 7.87. The van der Waals surface area contributed by atoms with Gasteiger partial charge >= 0.3 is 0 Å². The van der Waals surface area contributed by atoms with Crippen LogP contribution in [0.15, 0.2) is 0 Å². The first-order valence-corrected chi connectivity index (χ1v) is 7.25. The molecule has 2 nitrogen and oxygen atoms in total. The summed E-state index contributed by atoms with van der Waals surface area (Å²) in [5, 5.41) is 3.64. The highest BCUT2D eigenvalue weighted by molar-refractivity contribution is 4.91. The van der Waals surface area contributed by atoms with Gasteiger partial charge in [-0.1, -0.05) is 27.7 Å². The molecule has 102 valence electrons. The molecular formula is C15H31NO. The largest absolute Gasteiger partial charge is 0.374 e. The van der Waals surface area contributed by atoms with Crippen molar-refractivity contribution in [1.82, 2.24) is 5.32 Å². The highest BCUT2D eigenvalue weighted by Gasteiger charge is 2.36. The molecule has 1 aliphatic rings. The maximum atomic E-state index is 6.08. The SMILES string of the molecule is CCNC(CCC(C)(C)C)C1(C)CCCCO1. The smallest absolute Gasteiger partial charge is 0.0806 e. The average molecular weight is 241 g/mol. The lowest BCUT2D eigenvalue weighted by molar-refractivity contribution is -0.0911. The topological polar surface area (TPSA) is 21.3 Å². The molecule has 1 rings (SSSR count). The van der Waals surface area contributed by atoms with Crippen molar-refractivity contribution in [2.24, 2.45) is 5.41 Å². The summed E-state index contributed by atoms with van der Waals surface area (Å²) < 4.78 is 6.08. The number of hydrogen-bond donors (Lipinski definition) is 1. The fourth-order valence-corrected chi connectivity index (χ4v) is 2.68. The van der Waals surface area contributed by atoms with Gasteiger partial charge in [-0.3, -0.25) is 0 Å². The number of rotatable bonds is 5. The van der Waals surface area contributed by atoms with E-state index in [0.717, 1.165) is 13.2 Å². The van der Waals surface area contributed by atoms with E-state index in [1.807, 2.05) is 0 Å². The van der Waals surface area contributed by atoms with Crippen molar-refractivity contribution in [3.05, 3.63) is 0 Å². The molecule has 0 radical (unpaired) electrons. The van der Waals surface area contributed by atoms with Crippen molar-refractivity contribution in [3.8, 4) is 0 Å². The van der Waals surface area contributed by atoms with Gasteiger partial charge < -0.3 is 10.1 Å². The second-order valence-corrected chi connectivity index (χ2v) is 6.83. The first kappa shape index (κ1) is 15.0. The summed E-state index contributed by atoms with van der Waals surface area (Å²) in [5.74, 6) is 0. The van der Waals surface area contributed by atoms with Crippen LogP contribution in [0.1, 0.15) is 66.7 Å². The van der Waals surface area contributed by atoms with Gasteiger partial charge in [0.1, 0.15) is 0 Å². The average Bonchev–Trinajstić information content (AvgIpc) is 2.23. The Balaban J connectivity index is 2.57. The van der Waals surface area contributed by atoms with Crippen molar-refractivity contribution < 1.29 is 4.74 Å². The maximum Gasteiger partial charge on any atom is 0.0806 e. The Morgan fingerprint density at radius 2 is 2.00 bits per heavy atom. The number of likely N-dealkylation sites (N-methyl/N-ethyl adjacent to an activating group) is 1. The molecule has 1 aliphatic heterocycles. The number of hydrogen-bond acceptors (Lipinski definition) is 2. The molecule has 0 spiro atoms. The van der Waals surface area contributed by atoms with Crippen molar-refractivity contribution in [2.45, 2.75) is 78.4 Å². The molecule has 2 heteroatoms. The van der Waals surface area contributed by atoms with Crippen LogP contribution in [0.4, 0.5) is 0 Å². The van der Waals surface area contributed by atoms with E-state index in [1.54, 1.807) is 0 Å². The first-order valence-electron chi connectivity index (χ1n) is 7.25. The quantitative estimate of drug-likeness (QED) is 0.791. The van der Waals surface area contributed by atoms with E-state index >= 15 is 0 Å². The van der Waals surface area contributed by atoms with Gasteiger partial charge in [0.25, 0.3) is 0 Å². The van der Waals surface area contributed by atoms with Gasteiger partial charge in [-0.15, -0.1) is 0 Å². The summed E-state index contributed by atoms with van der Waals surface area (Å²) in [6.07, 6.45) is 6.22. The molecule has 0 aromatic rings. The maximum absolute atomic E-state index is 6.08. The van der Waals surface area contributed by atoms with Crippen LogP contribution in [0.25, 0.3) is 0 Å². The molecule has 1 N–H and O–H groups in total. The van der Waals surface area contributed by atoms with Gasteiger partial charge in [0, 0.05) is 12.6 Å². The Labute approximate surface area is 108 Å². The van der Waals surface area contributed by atoms with Crippen LogP contribution in [-0.2, 0) is 4.74 Å².